The van der Waals surface area contributed by atoms with Crippen molar-refractivity contribution in [1.29, 1.82) is 0 Å². The Morgan fingerprint density at radius 1 is 1.14 bits per heavy atom. The van der Waals surface area contributed by atoms with Crippen LogP contribution in [0.1, 0.15) is 5.56 Å². The van der Waals surface area contributed by atoms with Gasteiger partial charge in [-0.3, -0.25) is 4.90 Å². The molecule has 1 saturated carbocycles. The molecule has 1 aromatic rings. The normalized spacial score (nSPS) is 35.6. The van der Waals surface area contributed by atoms with Crippen LogP contribution in [0, 0.1) is 24.7 Å². The van der Waals surface area contributed by atoms with E-state index in [0.29, 0.717) is 0 Å². The lowest BCUT2D eigenvalue weighted by atomic mass is 10.2. The van der Waals surface area contributed by atoms with E-state index in [1.807, 2.05) is 0 Å². The van der Waals surface area contributed by atoms with E-state index in [-0.39, 0.29) is 0 Å². The fraction of sp³-hybridized carbons (Fsp3) is 0.462. The third-order valence-electron chi connectivity index (χ3n) is 3.70. The molecule has 0 N–H and O–H groups in total. The van der Waals surface area contributed by atoms with E-state index in [4.69, 9.17) is 0 Å². The SMILES string of the molecule is [CH2]C1C2CN(Cc3ccccc3)CC12. The van der Waals surface area contributed by atoms with Crippen molar-refractivity contribution in [2.75, 3.05) is 13.1 Å². The lowest BCUT2D eigenvalue weighted by molar-refractivity contribution is 0.286. The minimum absolute atomic E-state index is 0.766. The van der Waals surface area contributed by atoms with Gasteiger partial charge >= 0.3 is 0 Å². The van der Waals surface area contributed by atoms with Gasteiger partial charge in [-0.05, 0) is 30.2 Å². The first-order valence-corrected chi connectivity index (χ1v) is 5.44. The van der Waals surface area contributed by atoms with Crippen LogP contribution in [0.2, 0.25) is 0 Å². The largest absolute Gasteiger partial charge is 0.298 e. The Labute approximate surface area is 85.7 Å². The van der Waals surface area contributed by atoms with Gasteiger partial charge in [-0.15, -0.1) is 0 Å². The molecule has 3 rings (SSSR count). The van der Waals surface area contributed by atoms with Crippen LogP contribution in [0.25, 0.3) is 0 Å². The number of benzene rings is 1. The highest BCUT2D eigenvalue weighted by atomic mass is 15.2. The van der Waals surface area contributed by atoms with Crippen LogP contribution in [0.5, 0.6) is 0 Å². The van der Waals surface area contributed by atoms with Gasteiger partial charge in [0.25, 0.3) is 0 Å². The second-order valence-electron chi connectivity index (χ2n) is 4.67. The molecule has 1 aromatic carbocycles. The zero-order valence-corrected chi connectivity index (χ0v) is 8.39. The number of hydrogen-bond donors (Lipinski definition) is 0. The Morgan fingerprint density at radius 2 is 1.79 bits per heavy atom. The molecule has 0 amide bonds. The second kappa shape index (κ2) is 3.09. The molecule has 0 aromatic heterocycles. The molecule has 1 aliphatic heterocycles. The number of fused-ring (bicyclic) bond motifs is 1. The average molecular weight is 186 g/mol. The fourth-order valence-corrected chi connectivity index (χ4v) is 2.71. The van der Waals surface area contributed by atoms with E-state index in [2.05, 4.69) is 42.2 Å². The Morgan fingerprint density at radius 3 is 2.43 bits per heavy atom. The first kappa shape index (κ1) is 8.49. The van der Waals surface area contributed by atoms with Crippen LogP contribution >= 0.6 is 0 Å². The van der Waals surface area contributed by atoms with Crippen molar-refractivity contribution in [3.8, 4) is 0 Å². The van der Waals surface area contributed by atoms with E-state index in [9.17, 15) is 0 Å². The zero-order chi connectivity index (χ0) is 9.54. The topological polar surface area (TPSA) is 3.24 Å². The van der Waals surface area contributed by atoms with Gasteiger partial charge in [-0.25, -0.2) is 0 Å². The van der Waals surface area contributed by atoms with Crippen molar-refractivity contribution < 1.29 is 0 Å². The smallest absolute Gasteiger partial charge is 0.0233 e. The summed E-state index contributed by atoms with van der Waals surface area (Å²) >= 11 is 0. The summed E-state index contributed by atoms with van der Waals surface area (Å²) in [6.45, 7) is 7.82. The first-order chi connectivity index (χ1) is 6.84. The van der Waals surface area contributed by atoms with Crippen LogP contribution < -0.4 is 0 Å². The molecule has 0 spiro atoms. The minimum Gasteiger partial charge on any atom is -0.298 e. The molecular weight excluding hydrogens is 170 g/mol. The van der Waals surface area contributed by atoms with Gasteiger partial charge in [0.15, 0.2) is 0 Å². The van der Waals surface area contributed by atoms with Crippen molar-refractivity contribution in [3.63, 3.8) is 0 Å². The number of nitrogens with zero attached hydrogens (tertiary/aromatic N) is 1. The third kappa shape index (κ3) is 1.36. The standard InChI is InChI=1S/C13H16N/c1-10-12-8-14(9-13(10)12)7-11-5-3-2-4-6-11/h2-6,10,12-13H,1,7-9H2. The van der Waals surface area contributed by atoms with Crippen LogP contribution in [-0.2, 0) is 6.54 Å². The summed E-state index contributed by atoms with van der Waals surface area (Å²) in [6, 6.07) is 10.8. The average Bonchev–Trinajstić information content (AvgIpc) is 2.65. The molecule has 1 heteroatoms. The second-order valence-corrected chi connectivity index (χ2v) is 4.67. The summed E-state index contributed by atoms with van der Waals surface area (Å²) in [6.07, 6.45) is 0. The van der Waals surface area contributed by atoms with Gasteiger partial charge in [0, 0.05) is 19.6 Å². The fourth-order valence-electron chi connectivity index (χ4n) is 2.71. The number of piperidine rings is 1. The van der Waals surface area contributed by atoms with E-state index in [0.717, 1.165) is 24.3 Å². The molecule has 14 heavy (non-hydrogen) atoms. The Kier molecular flexibility index (Phi) is 1.88. The predicted molar refractivity (Wildman–Crippen MR) is 57.5 cm³/mol. The molecule has 2 unspecified atom stereocenters. The maximum absolute atomic E-state index is 4.15. The van der Waals surface area contributed by atoms with Crippen molar-refractivity contribution in [3.05, 3.63) is 42.8 Å². The number of rotatable bonds is 2. The van der Waals surface area contributed by atoms with Gasteiger partial charge in [0.1, 0.15) is 0 Å². The molecule has 0 bridgehead atoms. The van der Waals surface area contributed by atoms with Crippen molar-refractivity contribution in [2.24, 2.45) is 17.8 Å². The number of likely N-dealkylation sites (tertiary alicyclic amines) is 1. The quantitative estimate of drug-likeness (QED) is 0.684. The van der Waals surface area contributed by atoms with E-state index >= 15 is 0 Å². The van der Waals surface area contributed by atoms with Crippen LogP contribution in [0.4, 0.5) is 0 Å². The van der Waals surface area contributed by atoms with E-state index in [1.165, 1.54) is 18.7 Å². The maximum Gasteiger partial charge on any atom is 0.0233 e. The van der Waals surface area contributed by atoms with Crippen LogP contribution in [0.3, 0.4) is 0 Å². The molecule has 73 valence electrons. The first-order valence-electron chi connectivity index (χ1n) is 5.44. The Balaban J connectivity index is 1.60. The van der Waals surface area contributed by atoms with Crippen LogP contribution in [0.15, 0.2) is 30.3 Å². The summed E-state index contributed by atoms with van der Waals surface area (Å²) in [4.78, 5) is 2.56. The summed E-state index contributed by atoms with van der Waals surface area (Å²) in [5.41, 5.74) is 1.44. The summed E-state index contributed by atoms with van der Waals surface area (Å²) < 4.78 is 0. The highest BCUT2D eigenvalue weighted by Crippen LogP contribution is 2.51. The van der Waals surface area contributed by atoms with Gasteiger partial charge in [-0.2, -0.15) is 0 Å². The lowest BCUT2D eigenvalue weighted by Gasteiger charge is -2.18. The molecule has 1 saturated heterocycles. The molecule has 1 nitrogen and oxygen atoms in total. The monoisotopic (exact) mass is 186 g/mol. The summed E-state index contributed by atoms with van der Waals surface area (Å²) in [7, 11) is 0. The van der Waals surface area contributed by atoms with Gasteiger partial charge < -0.3 is 0 Å². The molecule has 1 radical (unpaired) electrons. The molecule has 2 fully saturated rings. The Bertz CT molecular complexity index is 307. The molecule has 1 heterocycles. The summed E-state index contributed by atoms with van der Waals surface area (Å²) in [5, 5.41) is 0. The zero-order valence-electron chi connectivity index (χ0n) is 8.39. The number of hydrogen-bond acceptors (Lipinski definition) is 1. The van der Waals surface area contributed by atoms with E-state index < -0.39 is 0 Å². The Hall–Kier alpha value is -0.820. The van der Waals surface area contributed by atoms with Crippen LogP contribution in [-0.4, -0.2) is 18.0 Å². The highest BCUT2D eigenvalue weighted by molar-refractivity contribution is 5.16. The lowest BCUT2D eigenvalue weighted by Crippen LogP contribution is -2.23. The molecular formula is C13H16N. The van der Waals surface area contributed by atoms with Crippen molar-refractivity contribution in [1.82, 2.24) is 4.90 Å². The van der Waals surface area contributed by atoms with E-state index in [1.54, 1.807) is 0 Å². The van der Waals surface area contributed by atoms with Crippen molar-refractivity contribution >= 4 is 0 Å². The molecule has 2 atom stereocenters. The minimum atomic E-state index is 0.766. The van der Waals surface area contributed by atoms with Gasteiger partial charge in [0.2, 0.25) is 0 Å². The molecule has 2 aliphatic rings. The third-order valence-corrected chi connectivity index (χ3v) is 3.70. The maximum atomic E-state index is 4.15. The van der Waals surface area contributed by atoms with Gasteiger partial charge in [-0.1, -0.05) is 30.3 Å². The van der Waals surface area contributed by atoms with Gasteiger partial charge in [0.05, 0.1) is 0 Å². The van der Waals surface area contributed by atoms with Crippen molar-refractivity contribution in [2.45, 2.75) is 6.54 Å². The predicted octanol–water partition coefficient (Wildman–Crippen LogP) is 2.20. The molecule has 1 aliphatic carbocycles. The highest BCUT2D eigenvalue weighted by Gasteiger charge is 2.52. The summed E-state index contributed by atoms with van der Waals surface area (Å²) in [5.74, 6) is 2.60.